The number of unbranched alkanes of at least 4 members (excludes halogenated alkanes) is 9. The van der Waals surface area contributed by atoms with Gasteiger partial charge >= 0.3 is 11.9 Å². The second kappa shape index (κ2) is 13.9. The molecule has 0 amide bonds. The molecule has 2 N–H and O–H groups in total. The summed E-state index contributed by atoms with van der Waals surface area (Å²) in [5.74, 6) is -2.35. The molecule has 0 aliphatic heterocycles. The number of carboxylic acids is 2. The highest BCUT2D eigenvalue weighted by molar-refractivity contribution is 5.79. The van der Waals surface area contributed by atoms with Gasteiger partial charge in [0.25, 0.3) is 0 Å². The molecular formula is C16H30O5. The third-order valence-corrected chi connectivity index (χ3v) is 3.45. The predicted molar refractivity (Wildman–Crippen MR) is 81.5 cm³/mol. The van der Waals surface area contributed by atoms with E-state index in [0.29, 0.717) is 6.61 Å². The first-order valence-corrected chi connectivity index (χ1v) is 8.14. The number of carboxylic acid groups (broad SMARTS) is 2. The van der Waals surface area contributed by atoms with Crippen LogP contribution in [-0.2, 0) is 14.3 Å². The van der Waals surface area contributed by atoms with E-state index in [0.717, 1.165) is 19.3 Å². The predicted octanol–water partition coefficient (Wildman–Crippen LogP) is 3.85. The molecule has 0 rings (SSSR count). The molecule has 0 saturated carbocycles. The van der Waals surface area contributed by atoms with Crippen molar-refractivity contribution in [2.75, 3.05) is 6.61 Å². The van der Waals surface area contributed by atoms with Crippen LogP contribution in [0.15, 0.2) is 0 Å². The van der Waals surface area contributed by atoms with E-state index in [4.69, 9.17) is 14.9 Å². The molecule has 0 heterocycles. The Morgan fingerprint density at radius 1 is 0.857 bits per heavy atom. The number of carbonyl (C=O) groups is 2. The Kier molecular flexibility index (Phi) is 13.1. The van der Waals surface area contributed by atoms with Gasteiger partial charge in [-0.2, -0.15) is 0 Å². The molecule has 0 spiro atoms. The third-order valence-electron chi connectivity index (χ3n) is 3.45. The number of ether oxygens (including phenoxy) is 1. The molecule has 0 unspecified atom stereocenters. The maximum absolute atomic E-state index is 10.8. The SMILES string of the molecule is CCCCCCCCCCCCO[C@@H](CC(=O)O)C(=O)O. The molecule has 21 heavy (non-hydrogen) atoms. The van der Waals surface area contributed by atoms with Gasteiger partial charge in [0.05, 0.1) is 6.42 Å². The monoisotopic (exact) mass is 302 g/mol. The quantitative estimate of drug-likeness (QED) is 0.449. The molecule has 0 aliphatic carbocycles. The maximum atomic E-state index is 10.8. The van der Waals surface area contributed by atoms with Crippen molar-refractivity contribution in [3.63, 3.8) is 0 Å². The Morgan fingerprint density at radius 3 is 1.76 bits per heavy atom. The van der Waals surface area contributed by atoms with Gasteiger partial charge in [-0.15, -0.1) is 0 Å². The fraction of sp³-hybridized carbons (Fsp3) is 0.875. The molecule has 0 saturated heterocycles. The van der Waals surface area contributed by atoms with Crippen molar-refractivity contribution < 1.29 is 24.5 Å². The number of hydrogen-bond acceptors (Lipinski definition) is 3. The van der Waals surface area contributed by atoms with Crippen molar-refractivity contribution in [3.05, 3.63) is 0 Å². The van der Waals surface area contributed by atoms with Crippen LogP contribution in [0.25, 0.3) is 0 Å². The molecule has 0 aromatic heterocycles. The number of rotatable bonds is 15. The van der Waals surface area contributed by atoms with Gasteiger partial charge in [-0.3, -0.25) is 4.79 Å². The first kappa shape index (κ1) is 19.9. The van der Waals surface area contributed by atoms with E-state index in [1.165, 1.54) is 44.9 Å². The van der Waals surface area contributed by atoms with Crippen molar-refractivity contribution in [3.8, 4) is 0 Å². The molecular weight excluding hydrogens is 272 g/mol. The highest BCUT2D eigenvalue weighted by Crippen LogP contribution is 2.11. The summed E-state index contributed by atoms with van der Waals surface area (Å²) in [6, 6.07) is 0. The van der Waals surface area contributed by atoms with Crippen LogP contribution >= 0.6 is 0 Å². The fourth-order valence-corrected chi connectivity index (χ4v) is 2.19. The first-order valence-electron chi connectivity index (χ1n) is 8.14. The Morgan fingerprint density at radius 2 is 1.33 bits per heavy atom. The van der Waals surface area contributed by atoms with Gasteiger partial charge in [0, 0.05) is 6.61 Å². The van der Waals surface area contributed by atoms with Crippen LogP contribution < -0.4 is 0 Å². The van der Waals surface area contributed by atoms with E-state index in [-0.39, 0.29) is 0 Å². The largest absolute Gasteiger partial charge is 0.481 e. The summed E-state index contributed by atoms with van der Waals surface area (Å²) in [6.45, 7) is 2.54. The van der Waals surface area contributed by atoms with E-state index in [1.54, 1.807) is 0 Å². The van der Waals surface area contributed by atoms with Gasteiger partial charge in [-0.1, -0.05) is 64.7 Å². The molecule has 124 valence electrons. The normalized spacial score (nSPS) is 12.2. The van der Waals surface area contributed by atoms with Gasteiger partial charge in [-0.05, 0) is 6.42 Å². The minimum Gasteiger partial charge on any atom is -0.481 e. The smallest absolute Gasteiger partial charge is 0.333 e. The second-order valence-corrected chi connectivity index (χ2v) is 5.48. The molecule has 0 fully saturated rings. The van der Waals surface area contributed by atoms with E-state index < -0.39 is 24.5 Å². The summed E-state index contributed by atoms with van der Waals surface area (Å²) in [5.41, 5.74) is 0. The van der Waals surface area contributed by atoms with Crippen molar-refractivity contribution in [1.29, 1.82) is 0 Å². The van der Waals surface area contributed by atoms with Crippen LogP contribution in [0.1, 0.15) is 77.6 Å². The topological polar surface area (TPSA) is 83.8 Å². The summed E-state index contributed by atoms with van der Waals surface area (Å²) in [7, 11) is 0. The van der Waals surface area contributed by atoms with Gasteiger partial charge in [-0.25, -0.2) is 4.79 Å². The standard InChI is InChI=1S/C16H30O5/c1-2-3-4-5-6-7-8-9-10-11-12-21-14(16(19)20)13-15(17)18/h14H,2-13H2,1H3,(H,17,18)(H,19,20)/t14-/m0/s1. The summed E-state index contributed by atoms with van der Waals surface area (Å²) in [5, 5.41) is 17.4. The van der Waals surface area contributed by atoms with Crippen molar-refractivity contribution in [2.24, 2.45) is 0 Å². The van der Waals surface area contributed by atoms with Crippen LogP contribution in [0.4, 0.5) is 0 Å². The molecule has 0 aliphatic rings. The molecule has 0 radical (unpaired) electrons. The van der Waals surface area contributed by atoms with Crippen molar-refractivity contribution in [1.82, 2.24) is 0 Å². The average molecular weight is 302 g/mol. The number of aliphatic carboxylic acids is 2. The zero-order valence-corrected chi connectivity index (χ0v) is 13.2. The summed E-state index contributed by atoms with van der Waals surface area (Å²) >= 11 is 0. The summed E-state index contributed by atoms with van der Waals surface area (Å²) in [4.78, 5) is 21.2. The molecule has 0 aromatic rings. The van der Waals surface area contributed by atoms with Gasteiger partial charge < -0.3 is 14.9 Å². The van der Waals surface area contributed by atoms with Crippen LogP contribution in [0, 0.1) is 0 Å². The molecule has 5 heteroatoms. The Bertz CT molecular complexity index is 278. The Balaban J connectivity index is 3.38. The lowest BCUT2D eigenvalue weighted by molar-refractivity contribution is -0.156. The first-order chi connectivity index (χ1) is 10.1. The lowest BCUT2D eigenvalue weighted by Crippen LogP contribution is -2.27. The van der Waals surface area contributed by atoms with Crippen molar-refractivity contribution in [2.45, 2.75) is 83.7 Å². The second-order valence-electron chi connectivity index (χ2n) is 5.48. The van der Waals surface area contributed by atoms with Gasteiger partial charge in [0.15, 0.2) is 6.10 Å². The third kappa shape index (κ3) is 13.6. The van der Waals surface area contributed by atoms with Crippen LogP contribution in [0.2, 0.25) is 0 Å². The van der Waals surface area contributed by atoms with E-state index in [2.05, 4.69) is 6.92 Å². The Labute approximate surface area is 127 Å². The molecule has 0 bridgehead atoms. The zero-order chi connectivity index (χ0) is 15.9. The van der Waals surface area contributed by atoms with E-state index in [1.807, 2.05) is 0 Å². The minimum atomic E-state index is -1.22. The van der Waals surface area contributed by atoms with Gasteiger partial charge in [0.2, 0.25) is 0 Å². The highest BCUT2D eigenvalue weighted by Gasteiger charge is 2.21. The van der Waals surface area contributed by atoms with Crippen molar-refractivity contribution >= 4 is 11.9 Å². The summed E-state index contributed by atoms with van der Waals surface area (Å²) < 4.78 is 5.11. The van der Waals surface area contributed by atoms with Gasteiger partial charge in [0.1, 0.15) is 0 Å². The Hall–Kier alpha value is -1.10. The van der Waals surface area contributed by atoms with E-state index >= 15 is 0 Å². The fourth-order valence-electron chi connectivity index (χ4n) is 2.19. The lowest BCUT2D eigenvalue weighted by Gasteiger charge is -2.11. The molecule has 0 aromatic carbocycles. The molecule has 5 nitrogen and oxygen atoms in total. The average Bonchev–Trinajstić information content (AvgIpc) is 2.42. The minimum absolute atomic E-state index is 0.320. The van der Waals surface area contributed by atoms with Crippen LogP contribution in [-0.4, -0.2) is 34.9 Å². The molecule has 1 atom stereocenters. The number of hydrogen-bond donors (Lipinski definition) is 2. The highest BCUT2D eigenvalue weighted by atomic mass is 16.5. The van der Waals surface area contributed by atoms with E-state index in [9.17, 15) is 9.59 Å². The lowest BCUT2D eigenvalue weighted by atomic mass is 10.1. The van der Waals surface area contributed by atoms with Crippen LogP contribution in [0.5, 0.6) is 0 Å². The maximum Gasteiger partial charge on any atom is 0.333 e. The zero-order valence-electron chi connectivity index (χ0n) is 13.2. The van der Waals surface area contributed by atoms with Crippen LogP contribution in [0.3, 0.4) is 0 Å². The summed E-state index contributed by atoms with van der Waals surface area (Å²) in [6.07, 6.45) is 10.3.